The number of halogens is 2. The Morgan fingerprint density at radius 2 is 1.82 bits per heavy atom. The van der Waals surface area contributed by atoms with Gasteiger partial charge in [-0.05, 0) is 75.2 Å². The third-order valence-corrected chi connectivity index (χ3v) is 10.7. The summed E-state index contributed by atoms with van der Waals surface area (Å²) in [4.78, 5) is 18.9. The van der Waals surface area contributed by atoms with E-state index in [1.54, 1.807) is 6.20 Å². The van der Waals surface area contributed by atoms with Crippen LogP contribution >= 0.6 is 0 Å². The summed E-state index contributed by atoms with van der Waals surface area (Å²) in [5.74, 6) is 1.55. The van der Waals surface area contributed by atoms with Gasteiger partial charge in [0.15, 0.2) is 5.82 Å². The molecular formula is C33H34B2F2N6O2. The van der Waals surface area contributed by atoms with Crippen LogP contribution in [0.4, 0.5) is 14.6 Å². The van der Waals surface area contributed by atoms with Gasteiger partial charge in [0, 0.05) is 47.9 Å². The fraction of sp³-hybridized carbons (Fsp3) is 0.424. The highest BCUT2D eigenvalue weighted by Crippen LogP contribution is 2.46. The molecule has 8 nitrogen and oxygen atoms in total. The van der Waals surface area contributed by atoms with E-state index in [0.29, 0.717) is 34.1 Å². The Hall–Kier alpha value is -3.94. The summed E-state index contributed by atoms with van der Waals surface area (Å²) in [6.45, 7) is 3.55. The van der Waals surface area contributed by atoms with E-state index >= 15 is 4.39 Å². The number of aromatic hydroxyl groups is 1. The third-order valence-electron chi connectivity index (χ3n) is 10.7. The summed E-state index contributed by atoms with van der Waals surface area (Å²) < 4.78 is 38.5. The minimum Gasteiger partial charge on any atom is -0.508 e. The standard InChI is InChI=1S/C33H34B2F2N6O2/c1-2-22-25(36)8-5-18-13-21(44)14-23(26(18)22)28-27(37)29-24(15-38-28)30(42-16-19-6-7-20(17-42)39-19)41-31(40-29)45-33(34,35)32-9-3-11-43(32)12-4-10-32/h1,5,8,13-15,19-20,39,44H,3-4,6-7,9-12,16-17,34-35H2. The third kappa shape index (κ3) is 4.38. The predicted molar refractivity (Wildman–Crippen MR) is 175 cm³/mol. The van der Waals surface area contributed by atoms with Crippen LogP contribution in [0.3, 0.4) is 0 Å². The summed E-state index contributed by atoms with van der Waals surface area (Å²) in [5, 5.41) is 14.8. The van der Waals surface area contributed by atoms with Crippen molar-refractivity contribution in [2.24, 2.45) is 0 Å². The maximum Gasteiger partial charge on any atom is 0.318 e. The van der Waals surface area contributed by atoms with Gasteiger partial charge in [-0.2, -0.15) is 9.97 Å². The van der Waals surface area contributed by atoms with Gasteiger partial charge in [-0.15, -0.1) is 6.42 Å². The molecule has 0 saturated carbocycles. The molecule has 8 rings (SSSR count). The molecule has 2 bridgehead atoms. The number of piperazine rings is 1. The lowest BCUT2D eigenvalue weighted by molar-refractivity contribution is 0.0507. The molecule has 6 heterocycles. The Bertz CT molecular complexity index is 1890. The van der Waals surface area contributed by atoms with Gasteiger partial charge in [-0.1, -0.05) is 12.0 Å². The van der Waals surface area contributed by atoms with Gasteiger partial charge in [-0.3, -0.25) is 9.88 Å². The summed E-state index contributed by atoms with van der Waals surface area (Å²) >= 11 is 0. The van der Waals surface area contributed by atoms with Crippen LogP contribution in [-0.2, 0) is 0 Å². The number of terminal acetylenes is 1. The molecule has 4 aromatic rings. The van der Waals surface area contributed by atoms with Crippen LogP contribution in [0.15, 0.2) is 30.5 Å². The van der Waals surface area contributed by atoms with E-state index in [4.69, 9.17) is 21.1 Å². The molecule has 228 valence electrons. The number of hydrogen-bond acceptors (Lipinski definition) is 8. The molecule has 45 heavy (non-hydrogen) atoms. The van der Waals surface area contributed by atoms with Crippen LogP contribution in [0.5, 0.6) is 11.8 Å². The smallest absolute Gasteiger partial charge is 0.318 e. The van der Waals surface area contributed by atoms with Crippen molar-refractivity contribution in [1.29, 1.82) is 0 Å². The van der Waals surface area contributed by atoms with E-state index < -0.39 is 17.0 Å². The van der Waals surface area contributed by atoms with Crippen molar-refractivity contribution < 1.29 is 18.6 Å². The number of hydrogen-bond donors (Lipinski definition) is 2. The predicted octanol–water partition coefficient (Wildman–Crippen LogP) is 2.68. The second-order valence-electron chi connectivity index (χ2n) is 13.6. The molecule has 2 atom stereocenters. The monoisotopic (exact) mass is 606 g/mol. The largest absolute Gasteiger partial charge is 0.508 e. The molecule has 12 heteroatoms. The van der Waals surface area contributed by atoms with E-state index in [9.17, 15) is 9.50 Å². The first-order chi connectivity index (χ1) is 21.7. The first-order valence-corrected chi connectivity index (χ1v) is 15.9. The fourth-order valence-corrected chi connectivity index (χ4v) is 8.63. The van der Waals surface area contributed by atoms with E-state index in [1.165, 1.54) is 24.3 Å². The topological polar surface area (TPSA) is 86.6 Å². The normalized spacial score (nSPS) is 22.6. The number of anilines is 1. The molecule has 2 unspecified atom stereocenters. The average Bonchev–Trinajstić information content (AvgIpc) is 3.72. The minimum atomic E-state index is -0.711. The number of fused-ring (bicyclic) bond motifs is 5. The zero-order valence-electron chi connectivity index (χ0n) is 25.5. The van der Waals surface area contributed by atoms with Crippen molar-refractivity contribution in [2.75, 3.05) is 31.1 Å². The van der Waals surface area contributed by atoms with Crippen LogP contribution in [0.2, 0.25) is 0 Å². The number of nitrogens with zero attached hydrogens (tertiary/aromatic N) is 5. The molecule has 0 radical (unpaired) electrons. The maximum atomic E-state index is 16.9. The van der Waals surface area contributed by atoms with Crippen LogP contribution in [0.1, 0.15) is 44.1 Å². The molecule has 4 fully saturated rings. The molecule has 4 aliphatic rings. The Labute approximate surface area is 262 Å². The van der Waals surface area contributed by atoms with Gasteiger partial charge in [0.2, 0.25) is 0 Å². The molecule has 2 aromatic carbocycles. The molecule has 4 aliphatic heterocycles. The Morgan fingerprint density at radius 3 is 2.53 bits per heavy atom. The van der Waals surface area contributed by atoms with E-state index in [-0.39, 0.29) is 39.6 Å². The van der Waals surface area contributed by atoms with Crippen molar-refractivity contribution in [3.05, 3.63) is 47.7 Å². The maximum absolute atomic E-state index is 16.9. The molecule has 0 spiro atoms. The second kappa shape index (κ2) is 10.3. The van der Waals surface area contributed by atoms with E-state index in [0.717, 1.165) is 64.7 Å². The van der Waals surface area contributed by atoms with Crippen LogP contribution < -0.4 is 15.0 Å². The van der Waals surface area contributed by atoms with Gasteiger partial charge in [0.05, 0.1) is 16.3 Å². The number of rotatable bonds is 5. The number of phenols is 1. The second-order valence-corrected chi connectivity index (χ2v) is 13.6. The van der Waals surface area contributed by atoms with Crippen LogP contribution in [0.25, 0.3) is 32.9 Å². The number of pyridine rings is 1. The molecule has 2 N–H and O–H groups in total. The zero-order chi connectivity index (χ0) is 31.1. The van der Waals surface area contributed by atoms with Crippen molar-refractivity contribution in [3.8, 4) is 35.4 Å². The average molecular weight is 606 g/mol. The lowest BCUT2D eigenvalue weighted by atomic mass is 9.53. The number of ether oxygens (including phenoxy) is 1. The van der Waals surface area contributed by atoms with Crippen molar-refractivity contribution in [2.45, 2.75) is 61.5 Å². The van der Waals surface area contributed by atoms with Crippen molar-refractivity contribution >= 4 is 43.2 Å². The van der Waals surface area contributed by atoms with Gasteiger partial charge < -0.3 is 20.1 Å². The van der Waals surface area contributed by atoms with Crippen LogP contribution in [0, 0.1) is 24.0 Å². The van der Waals surface area contributed by atoms with Crippen molar-refractivity contribution in [3.63, 3.8) is 0 Å². The zero-order valence-corrected chi connectivity index (χ0v) is 25.5. The first kappa shape index (κ1) is 28.5. The number of phenolic OH excluding ortho intramolecular Hbond substituents is 1. The number of aromatic nitrogens is 3. The van der Waals surface area contributed by atoms with Gasteiger partial charge in [0.1, 0.15) is 44.3 Å². The first-order valence-electron chi connectivity index (χ1n) is 15.9. The minimum absolute atomic E-state index is 0.0221. The fourth-order valence-electron chi connectivity index (χ4n) is 8.63. The molecular weight excluding hydrogens is 572 g/mol. The molecule has 0 amide bonds. The Kier molecular flexibility index (Phi) is 6.52. The summed E-state index contributed by atoms with van der Waals surface area (Å²) in [7, 11) is 4.19. The van der Waals surface area contributed by atoms with Gasteiger partial charge >= 0.3 is 6.01 Å². The number of nitrogens with one attached hydrogen (secondary N) is 1. The summed E-state index contributed by atoms with van der Waals surface area (Å²) in [6, 6.07) is 6.36. The van der Waals surface area contributed by atoms with Gasteiger partial charge in [0.25, 0.3) is 0 Å². The van der Waals surface area contributed by atoms with E-state index in [2.05, 4.69) is 41.7 Å². The summed E-state index contributed by atoms with van der Waals surface area (Å²) in [5.41, 5.74) is 0.0105. The Morgan fingerprint density at radius 1 is 1.09 bits per heavy atom. The lowest BCUT2D eigenvalue weighted by Gasteiger charge is -2.46. The number of benzene rings is 2. The lowest BCUT2D eigenvalue weighted by Crippen LogP contribution is -2.63. The van der Waals surface area contributed by atoms with Crippen molar-refractivity contribution in [1.82, 2.24) is 25.2 Å². The molecule has 0 aliphatic carbocycles. The van der Waals surface area contributed by atoms with Crippen LogP contribution in [-0.4, -0.2) is 89.9 Å². The quantitative estimate of drug-likeness (QED) is 0.265. The highest BCUT2D eigenvalue weighted by Gasteiger charge is 2.55. The highest BCUT2D eigenvalue weighted by molar-refractivity contribution is 6.40. The summed E-state index contributed by atoms with van der Waals surface area (Å²) in [6.07, 6.45) is 13.7. The Balaban J connectivity index is 1.32. The van der Waals surface area contributed by atoms with Gasteiger partial charge in [-0.25, -0.2) is 8.78 Å². The highest BCUT2D eigenvalue weighted by atomic mass is 19.1. The molecule has 4 saturated heterocycles. The van der Waals surface area contributed by atoms with E-state index in [1.807, 2.05) is 0 Å². The molecule has 2 aromatic heterocycles. The SMILES string of the molecule is BC(B)(Oc1nc(N2CC3CCC(C2)N3)c2cnc(-c3cc(O)cc4ccc(F)c(C#C)c34)c(F)c2n1)C12CCCN1CCC2.